The molecule has 6 nitrogen and oxygen atoms in total. The largest absolute Gasteiger partial charge is 0.336 e. The van der Waals surface area contributed by atoms with Crippen LogP contribution in [0.4, 0.5) is 0 Å². The molecule has 2 heterocycles. The molecule has 2 aromatic carbocycles. The molecule has 6 heteroatoms. The molecule has 1 N–H and O–H groups in total. The van der Waals surface area contributed by atoms with Gasteiger partial charge in [0.2, 0.25) is 0 Å². The van der Waals surface area contributed by atoms with Gasteiger partial charge in [0.05, 0.1) is 11.4 Å². The molecule has 1 saturated heterocycles. The van der Waals surface area contributed by atoms with E-state index in [1.807, 2.05) is 44.3 Å². The van der Waals surface area contributed by atoms with Crippen LogP contribution in [0.25, 0.3) is 16.8 Å². The molecule has 1 aromatic heterocycles. The molecule has 0 saturated carbocycles. The third-order valence-electron chi connectivity index (χ3n) is 5.22. The molecule has 1 fully saturated rings. The number of hydrogen-bond acceptors (Lipinski definition) is 4. The van der Waals surface area contributed by atoms with Crippen LogP contribution in [0.3, 0.4) is 0 Å². The normalized spacial score (nSPS) is 16.4. The van der Waals surface area contributed by atoms with E-state index in [4.69, 9.17) is 0 Å². The zero-order valence-corrected chi connectivity index (χ0v) is 15.6. The monoisotopic (exact) mass is 361 g/mol. The van der Waals surface area contributed by atoms with Crippen molar-refractivity contribution in [3.8, 4) is 16.8 Å². The second-order valence-corrected chi connectivity index (χ2v) is 6.91. The van der Waals surface area contributed by atoms with Crippen molar-refractivity contribution in [2.24, 2.45) is 0 Å². The molecule has 0 radical (unpaired) electrons. The number of likely N-dealkylation sites (N-methyl/N-ethyl adjacent to an activating group) is 1. The highest BCUT2D eigenvalue weighted by Gasteiger charge is 2.27. The number of carbonyl (C=O) groups excluding carboxylic acids is 1. The van der Waals surface area contributed by atoms with Gasteiger partial charge in [-0.1, -0.05) is 47.7 Å². The Bertz CT molecular complexity index is 927. The van der Waals surface area contributed by atoms with Crippen molar-refractivity contribution < 1.29 is 4.79 Å². The van der Waals surface area contributed by atoms with Gasteiger partial charge < -0.3 is 10.2 Å². The fourth-order valence-corrected chi connectivity index (χ4v) is 3.50. The van der Waals surface area contributed by atoms with Crippen molar-refractivity contribution in [3.05, 3.63) is 66.0 Å². The van der Waals surface area contributed by atoms with Crippen LogP contribution >= 0.6 is 0 Å². The van der Waals surface area contributed by atoms with Gasteiger partial charge in [0.25, 0.3) is 5.91 Å². The van der Waals surface area contributed by atoms with E-state index in [1.165, 1.54) is 5.56 Å². The number of benzene rings is 2. The van der Waals surface area contributed by atoms with Gasteiger partial charge in [0.1, 0.15) is 0 Å². The molecule has 1 aliphatic rings. The lowest BCUT2D eigenvalue weighted by Crippen LogP contribution is -2.38. The highest BCUT2D eigenvalue weighted by atomic mass is 16.2. The number of hydrogen-bond donors (Lipinski definition) is 1. The van der Waals surface area contributed by atoms with Crippen LogP contribution in [0.1, 0.15) is 22.6 Å². The number of aromatic nitrogens is 3. The molecule has 1 atom stereocenters. The van der Waals surface area contributed by atoms with Gasteiger partial charge in [0, 0.05) is 19.6 Å². The summed E-state index contributed by atoms with van der Waals surface area (Å²) in [6, 6.07) is 18.6. The van der Waals surface area contributed by atoms with Crippen molar-refractivity contribution in [2.75, 3.05) is 20.1 Å². The maximum atomic E-state index is 12.8. The second kappa shape index (κ2) is 7.32. The van der Waals surface area contributed by atoms with E-state index in [0.29, 0.717) is 5.69 Å². The Morgan fingerprint density at radius 1 is 1.11 bits per heavy atom. The lowest BCUT2D eigenvalue weighted by Gasteiger charge is -2.22. The zero-order chi connectivity index (χ0) is 18.8. The summed E-state index contributed by atoms with van der Waals surface area (Å²) in [7, 11) is 1.84. The Balaban J connectivity index is 1.57. The summed E-state index contributed by atoms with van der Waals surface area (Å²) in [5, 5.41) is 11.7. The number of nitrogens with zero attached hydrogens (tertiary/aromatic N) is 4. The third-order valence-corrected chi connectivity index (χ3v) is 5.22. The van der Waals surface area contributed by atoms with Crippen LogP contribution < -0.4 is 5.32 Å². The van der Waals surface area contributed by atoms with Crippen molar-refractivity contribution in [3.63, 3.8) is 0 Å². The molecule has 0 spiro atoms. The molecular formula is C21H23N5O. The summed E-state index contributed by atoms with van der Waals surface area (Å²) in [5.74, 6) is -0.0756. The molecule has 0 aliphatic carbocycles. The Labute approximate surface area is 158 Å². The molecule has 1 aliphatic heterocycles. The van der Waals surface area contributed by atoms with Crippen molar-refractivity contribution >= 4 is 5.91 Å². The summed E-state index contributed by atoms with van der Waals surface area (Å²) in [4.78, 5) is 14.6. The SMILES string of the molecule is Cc1c(C(=O)N(C)C2CCNC2)nnn1-c1ccc(-c2ccccc2)cc1. The van der Waals surface area contributed by atoms with E-state index in [0.717, 1.165) is 36.5 Å². The van der Waals surface area contributed by atoms with E-state index < -0.39 is 0 Å². The Morgan fingerprint density at radius 2 is 1.81 bits per heavy atom. The van der Waals surface area contributed by atoms with Gasteiger partial charge in [0.15, 0.2) is 5.69 Å². The first-order valence-corrected chi connectivity index (χ1v) is 9.21. The van der Waals surface area contributed by atoms with Crippen molar-refractivity contribution in [2.45, 2.75) is 19.4 Å². The summed E-state index contributed by atoms with van der Waals surface area (Å²) in [6.45, 7) is 3.66. The van der Waals surface area contributed by atoms with E-state index in [2.05, 4.69) is 39.9 Å². The third kappa shape index (κ3) is 3.36. The number of amides is 1. The second-order valence-electron chi connectivity index (χ2n) is 6.91. The lowest BCUT2D eigenvalue weighted by atomic mass is 10.1. The minimum absolute atomic E-state index is 0.0756. The van der Waals surface area contributed by atoms with E-state index in [-0.39, 0.29) is 11.9 Å². The van der Waals surface area contributed by atoms with Crippen LogP contribution in [0.2, 0.25) is 0 Å². The van der Waals surface area contributed by atoms with Gasteiger partial charge in [-0.15, -0.1) is 5.10 Å². The Hall–Kier alpha value is -2.99. The van der Waals surface area contributed by atoms with Crippen LogP contribution in [0.15, 0.2) is 54.6 Å². The summed E-state index contributed by atoms with van der Waals surface area (Å²) >= 11 is 0. The summed E-state index contributed by atoms with van der Waals surface area (Å²) in [5.41, 5.74) is 4.37. The fourth-order valence-electron chi connectivity index (χ4n) is 3.50. The number of nitrogens with one attached hydrogen (secondary N) is 1. The van der Waals surface area contributed by atoms with E-state index in [1.54, 1.807) is 9.58 Å². The Morgan fingerprint density at radius 3 is 2.48 bits per heavy atom. The summed E-state index contributed by atoms with van der Waals surface area (Å²) in [6.07, 6.45) is 0.969. The van der Waals surface area contributed by atoms with Crippen LogP contribution in [-0.2, 0) is 0 Å². The first-order chi connectivity index (χ1) is 13.1. The predicted molar refractivity (Wildman–Crippen MR) is 105 cm³/mol. The quantitative estimate of drug-likeness (QED) is 0.776. The average molecular weight is 361 g/mol. The molecule has 138 valence electrons. The van der Waals surface area contributed by atoms with Gasteiger partial charge in [-0.3, -0.25) is 4.79 Å². The standard InChI is InChI=1S/C21H23N5O/c1-15-20(21(27)25(2)19-12-13-22-14-19)23-24-26(15)18-10-8-17(9-11-18)16-6-4-3-5-7-16/h3-11,19,22H,12-14H2,1-2H3. The maximum Gasteiger partial charge on any atom is 0.276 e. The maximum absolute atomic E-state index is 12.8. The predicted octanol–water partition coefficient (Wildman–Crippen LogP) is 2.68. The van der Waals surface area contributed by atoms with E-state index in [9.17, 15) is 4.79 Å². The Kier molecular flexibility index (Phi) is 4.73. The zero-order valence-electron chi connectivity index (χ0n) is 15.6. The topological polar surface area (TPSA) is 63.1 Å². The fraction of sp³-hybridized carbons (Fsp3) is 0.286. The smallest absolute Gasteiger partial charge is 0.276 e. The van der Waals surface area contributed by atoms with Crippen molar-refractivity contribution in [1.82, 2.24) is 25.2 Å². The lowest BCUT2D eigenvalue weighted by molar-refractivity contribution is 0.0737. The molecule has 27 heavy (non-hydrogen) atoms. The number of rotatable bonds is 4. The van der Waals surface area contributed by atoms with Crippen LogP contribution in [0.5, 0.6) is 0 Å². The van der Waals surface area contributed by atoms with E-state index >= 15 is 0 Å². The molecular weight excluding hydrogens is 338 g/mol. The van der Waals surface area contributed by atoms with Crippen molar-refractivity contribution in [1.29, 1.82) is 0 Å². The van der Waals surface area contributed by atoms with Gasteiger partial charge in [-0.25, -0.2) is 4.68 Å². The highest BCUT2D eigenvalue weighted by Crippen LogP contribution is 2.22. The van der Waals surface area contributed by atoms with Gasteiger partial charge in [-0.2, -0.15) is 0 Å². The molecule has 4 rings (SSSR count). The number of carbonyl (C=O) groups is 1. The minimum Gasteiger partial charge on any atom is -0.336 e. The first-order valence-electron chi connectivity index (χ1n) is 9.21. The molecule has 0 bridgehead atoms. The highest BCUT2D eigenvalue weighted by molar-refractivity contribution is 5.93. The van der Waals surface area contributed by atoms with Gasteiger partial charge in [-0.05, 0) is 43.1 Å². The van der Waals surface area contributed by atoms with Crippen LogP contribution in [0, 0.1) is 6.92 Å². The summed E-state index contributed by atoms with van der Waals surface area (Å²) < 4.78 is 1.72. The first kappa shape index (κ1) is 17.4. The molecule has 1 amide bonds. The van der Waals surface area contributed by atoms with Gasteiger partial charge >= 0.3 is 0 Å². The minimum atomic E-state index is -0.0756. The molecule has 3 aromatic rings. The molecule has 1 unspecified atom stereocenters. The van der Waals surface area contributed by atoms with Crippen LogP contribution in [-0.4, -0.2) is 52.0 Å². The average Bonchev–Trinajstić information content (AvgIpc) is 3.38.